The maximum atomic E-state index is 9.11. The zero-order valence-corrected chi connectivity index (χ0v) is 5.01. The molecule has 1 nitrogen and oxygen atoms in total. The standard InChI is InChI=1S/C7H12O/c8-7-3-5-1-2-6(5)4-7/h5-8H,1-4H2. The van der Waals surface area contributed by atoms with Crippen LogP contribution in [0.25, 0.3) is 0 Å². The molecule has 0 aromatic carbocycles. The van der Waals surface area contributed by atoms with Crippen LogP contribution in [0.1, 0.15) is 25.7 Å². The maximum absolute atomic E-state index is 9.11. The van der Waals surface area contributed by atoms with Gasteiger partial charge in [-0.05, 0) is 37.5 Å². The summed E-state index contributed by atoms with van der Waals surface area (Å²) in [5.74, 6) is 1.84. The highest BCUT2D eigenvalue weighted by Gasteiger charge is 2.39. The molecule has 0 radical (unpaired) electrons. The Balaban J connectivity index is 2.00. The SMILES string of the molecule is OC1CC2CCC2C1. The van der Waals surface area contributed by atoms with Crippen LogP contribution in [0.3, 0.4) is 0 Å². The van der Waals surface area contributed by atoms with Gasteiger partial charge in [-0.15, -0.1) is 0 Å². The first-order chi connectivity index (χ1) is 3.86. The second kappa shape index (κ2) is 1.47. The summed E-state index contributed by atoms with van der Waals surface area (Å²) in [6.45, 7) is 0. The molecule has 2 aliphatic carbocycles. The van der Waals surface area contributed by atoms with E-state index in [9.17, 15) is 0 Å². The molecule has 0 bridgehead atoms. The molecule has 0 aromatic rings. The first-order valence-corrected chi connectivity index (χ1v) is 3.54. The fourth-order valence-corrected chi connectivity index (χ4v) is 2.05. The van der Waals surface area contributed by atoms with Crippen molar-refractivity contribution in [2.45, 2.75) is 31.8 Å². The van der Waals surface area contributed by atoms with E-state index >= 15 is 0 Å². The van der Waals surface area contributed by atoms with Crippen LogP contribution < -0.4 is 0 Å². The predicted octanol–water partition coefficient (Wildman–Crippen LogP) is 1.17. The summed E-state index contributed by atoms with van der Waals surface area (Å²) in [6.07, 6.45) is 5.05. The molecule has 2 unspecified atom stereocenters. The molecule has 0 heterocycles. The van der Waals surface area contributed by atoms with E-state index in [1.165, 1.54) is 12.8 Å². The monoisotopic (exact) mass is 112 g/mol. The van der Waals surface area contributed by atoms with Crippen molar-refractivity contribution in [3.8, 4) is 0 Å². The van der Waals surface area contributed by atoms with Gasteiger partial charge in [0.05, 0.1) is 6.10 Å². The number of aliphatic hydroxyl groups is 1. The summed E-state index contributed by atoms with van der Waals surface area (Å²) in [5, 5.41) is 9.11. The van der Waals surface area contributed by atoms with Crippen LogP contribution in [0.15, 0.2) is 0 Å². The van der Waals surface area contributed by atoms with Crippen molar-refractivity contribution >= 4 is 0 Å². The molecule has 2 rings (SSSR count). The molecular weight excluding hydrogens is 100 g/mol. The third-order valence-electron chi connectivity index (χ3n) is 2.72. The minimum absolute atomic E-state index is 0.0625. The molecule has 0 spiro atoms. The first kappa shape index (κ1) is 4.80. The van der Waals surface area contributed by atoms with Gasteiger partial charge in [0.25, 0.3) is 0 Å². The fourth-order valence-electron chi connectivity index (χ4n) is 2.05. The normalized spacial score (nSPS) is 52.9. The molecule has 0 saturated heterocycles. The van der Waals surface area contributed by atoms with Gasteiger partial charge in [0.1, 0.15) is 0 Å². The van der Waals surface area contributed by atoms with Crippen LogP contribution in [-0.4, -0.2) is 11.2 Å². The molecule has 2 saturated carbocycles. The van der Waals surface area contributed by atoms with Crippen LogP contribution in [0.2, 0.25) is 0 Å². The van der Waals surface area contributed by atoms with Gasteiger partial charge in [0.15, 0.2) is 0 Å². The largest absolute Gasteiger partial charge is 0.393 e. The second-order valence-electron chi connectivity index (χ2n) is 3.22. The summed E-state index contributed by atoms with van der Waals surface area (Å²) in [5.41, 5.74) is 0. The Morgan fingerprint density at radius 1 is 1.00 bits per heavy atom. The summed E-state index contributed by atoms with van der Waals surface area (Å²) < 4.78 is 0. The number of hydrogen-bond donors (Lipinski definition) is 1. The van der Waals surface area contributed by atoms with Gasteiger partial charge >= 0.3 is 0 Å². The summed E-state index contributed by atoms with van der Waals surface area (Å²) in [6, 6.07) is 0. The minimum Gasteiger partial charge on any atom is -0.393 e. The zero-order chi connectivity index (χ0) is 5.56. The number of hydrogen-bond acceptors (Lipinski definition) is 1. The molecule has 46 valence electrons. The van der Waals surface area contributed by atoms with E-state index in [0.717, 1.165) is 24.7 Å². The third kappa shape index (κ3) is 0.510. The van der Waals surface area contributed by atoms with E-state index in [-0.39, 0.29) is 6.10 Å². The smallest absolute Gasteiger partial charge is 0.0545 e. The number of rotatable bonds is 0. The molecule has 8 heavy (non-hydrogen) atoms. The highest BCUT2D eigenvalue weighted by atomic mass is 16.3. The quantitative estimate of drug-likeness (QED) is 0.498. The van der Waals surface area contributed by atoms with E-state index < -0.39 is 0 Å². The third-order valence-corrected chi connectivity index (χ3v) is 2.72. The summed E-state index contributed by atoms with van der Waals surface area (Å²) in [4.78, 5) is 0. The van der Waals surface area contributed by atoms with Crippen molar-refractivity contribution in [3.63, 3.8) is 0 Å². The molecule has 2 atom stereocenters. The fraction of sp³-hybridized carbons (Fsp3) is 1.00. The maximum Gasteiger partial charge on any atom is 0.0545 e. The van der Waals surface area contributed by atoms with Crippen molar-refractivity contribution in [1.29, 1.82) is 0 Å². The van der Waals surface area contributed by atoms with Gasteiger partial charge in [-0.3, -0.25) is 0 Å². The van der Waals surface area contributed by atoms with Gasteiger partial charge < -0.3 is 5.11 Å². The highest BCUT2D eigenvalue weighted by molar-refractivity contribution is 4.90. The van der Waals surface area contributed by atoms with Crippen LogP contribution in [0.4, 0.5) is 0 Å². The van der Waals surface area contributed by atoms with Gasteiger partial charge in [0, 0.05) is 0 Å². The summed E-state index contributed by atoms with van der Waals surface area (Å²) in [7, 11) is 0. The average Bonchev–Trinajstić information content (AvgIpc) is 1.91. The van der Waals surface area contributed by atoms with Crippen LogP contribution in [0, 0.1) is 11.8 Å². The van der Waals surface area contributed by atoms with E-state index in [1.54, 1.807) is 0 Å². The second-order valence-corrected chi connectivity index (χ2v) is 3.22. The van der Waals surface area contributed by atoms with Gasteiger partial charge in [0.2, 0.25) is 0 Å². The van der Waals surface area contributed by atoms with Crippen LogP contribution >= 0.6 is 0 Å². The van der Waals surface area contributed by atoms with Crippen molar-refractivity contribution in [3.05, 3.63) is 0 Å². The topological polar surface area (TPSA) is 20.2 Å². The van der Waals surface area contributed by atoms with Crippen molar-refractivity contribution in [2.75, 3.05) is 0 Å². The van der Waals surface area contributed by atoms with Gasteiger partial charge in [-0.2, -0.15) is 0 Å². The molecule has 2 aliphatic rings. The van der Waals surface area contributed by atoms with E-state index in [4.69, 9.17) is 5.11 Å². The lowest BCUT2D eigenvalue weighted by Gasteiger charge is -2.29. The molecule has 0 aromatic heterocycles. The average molecular weight is 112 g/mol. The highest BCUT2D eigenvalue weighted by Crippen LogP contribution is 2.46. The van der Waals surface area contributed by atoms with Crippen LogP contribution in [-0.2, 0) is 0 Å². The Hall–Kier alpha value is -0.0400. The van der Waals surface area contributed by atoms with Crippen LogP contribution in [0.5, 0.6) is 0 Å². The minimum atomic E-state index is 0.0625. The molecular formula is C7H12O. The Morgan fingerprint density at radius 3 is 1.75 bits per heavy atom. The number of aliphatic hydroxyl groups excluding tert-OH is 1. The molecule has 2 fully saturated rings. The van der Waals surface area contributed by atoms with E-state index in [1.807, 2.05) is 0 Å². The Labute approximate surface area is 49.7 Å². The number of fused-ring (bicyclic) bond motifs is 1. The molecule has 0 aliphatic heterocycles. The van der Waals surface area contributed by atoms with E-state index in [2.05, 4.69) is 0 Å². The van der Waals surface area contributed by atoms with Crippen molar-refractivity contribution in [2.24, 2.45) is 11.8 Å². The Bertz CT molecular complexity index is 88.6. The van der Waals surface area contributed by atoms with Crippen molar-refractivity contribution < 1.29 is 5.11 Å². The van der Waals surface area contributed by atoms with Crippen molar-refractivity contribution in [1.82, 2.24) is 0 Å². The van der Waals surface area contributed by atoms with Gasteiger partial charge in [-0.25, -0.2) is 0 Å². The van der Waals surface area contributed by atoms with E-state index in [0.29, 0.717) is 0 Å². The predicted molar refractivity (Wildman–Crippen MR) is 31.5 cm³/mol. The lowest BCUT2D eigenvalue weighted by molar-refractivity contribution is 0.178. The Kier molecular flexibility index (Phi) is 0.884. The molecule has 0 amide bonds. The lowest BCUT2D eigenvalue weighted by atomic mass is 9.77. The molecule has 1 heteroatoms. The zero-order valence-electron chi connectivity index (χ0n) is 5.01. The summed E-state index contributed by atoms with van der Waals surface area (Å²) >= 11 is 0. The first-order valence-electron chi connectivity index (χ1n) is 3.54. The molecule has 1 N–H and O–H groups in total. The lowest BCUT2D eigenvalue weighted by Crippen LogP contribution is -2.18. The van der Waals surface area contributed by atoms with Gasteiger partial charge in [-0.1, -0.05) is 0 Å². The Morgan fingerprint density at radius 2 is 1.50 bits per heavy atom.